The van der Waals surface area contributed by atoms with Gasteiger partial charge in [-0.05, 0) is 37.1 Å². The number of aromatic nitrogens is 2. The summed E-state index contributed by atoms with van der Waals surface area (Å²) < 4.78 is 0. The molecule has 0 bridgehead atoms. The van der Waals surface area contributed by atoms with Gasteiger partial charge in [0.25, 0.3) is 0 Å². The lowest BCUT2D eigenvalue weighted by atomic mass is 10.2. The van der Waals surface area contributed by atoms with Gasteiger partial charge in [-0.15, -0.1) is 0 Å². The molecule has 0 saturated carbocycles. The van der Waals surface area contributed by atoms with Crippen molar-refractivity contribution in [1.82, 2.24) is 9.97 Å². The van der Waals surface area contributed by atoms with Crippen LogP contribution in [0.25, 0.3) is 0 Å². The van der Waals surface area contributed by atoms with Crippen molar-refractivity contribution in [2.24, 2.45) is 0 Å². The standard InChI is InChI=1S/C16H18ClN5O4/c17-11-5-7-12(8-6-11)20-16-19-10-13(22(25)26)15(21-16)18-9-3-1-2-4-14(23)24/h5-8,10H,1-4,9H2,(H,23,24)(H2,18,19,20,21). The molecule has 0 aliphatic carbocycles. The lowest BCUT2D eigenvalue weighted by molar-refractivity contribution is -0.384. The molecule has 1 aromatic carbocycles. The molecule has 1 heterocycles. The van der Waals surface area contributed by atoms with Gasteiger partial charge >= 0.3 is 11.7 Å². The average Bonchev–Trinajstić information content (AvgIpc) is 2.59. The van der Waals surface area contributed by atoms with Crippen LogP contribution in [0, 0.1) is 10.1 Å². The number of carbonyl (C=O) groups is 1. The third-order valence-corrected chi connectivity index (χ3v) is 3.68. The molecule has 2 aromatic rings. The molecule has 138 valence electrons. The summed E-state index contributed by atoms with van der Waals surface area (Å²) in [6.07, 6.45) is 3.19. The molecule has 0 aliphatic heterocycles. The Labute approximate surface area is 154 Å². The Morgan fingerprint density at radius 3 is 2.62 bits per heavy atom. The van der Waals surface area contributed by atoms with Gasteiger partial charge in [-0.25, -0.2) is 4.98 Å². The Morgan fingerprint density at radius 2 is 1.96 bits per heavy atom. The van der Waals surface area contributed by atoms with Crippen LogP contribution in [0.3, 0.4) is 0 Å². The second-order valence-corrected chi connectivity index (χ2v) is 5.88. The van der Waals surface area contributed by atoms with Gasteiger partial charge in [-0.1, -0.05) is 18.0 Å². The van der Waals surface area contributed by atoms with Gasteiger partial charge in [0, 0.05) is 23.7 Å². The Kier molecular flexibility index (Phi) is 7.10. The number of unbranched alkanes of at least 4 members (excludes halogenated alkanes) is 2. The van der Waals surface area contributed by atoms with E-state index in [4.69, 9.17) is 16.7 Å². The number of anilines is 3. The zero-order valence-electron chi connectivity index (χ0n) is 13.8. The fourth-order valence-corrected chi connectivity index (χ4v) is 2.27. The first-order chi connectivity index (χ1) is 12.5. The summed E-state index contributed by atoms with van der Waals surface area (Å²) in [5.41, 5.74) is 0.472. The predicted octanol–water partition coefficient (Wildman–Crippen LogP) is 3.84. The number of nitrogens with one attached hydrogen (secondary N) is 2. The van der Waals surface area contributed by atoms with Gasteiger partial charge < -0.3 is 15.7 Å². The first-order valence-electron chi connectivity index (χ1n) is 7.95. The number of aliphatic carboxylic acids is 1. The average molecular weight is 380 g/mol. The monoisotopic (exact) mass is 379 g/mol. The molecule has 1 aromatic heterocycles. The molecule has 0 spiro atoms. The molecule has 2 rings (SSSR count). The van der Waals surface area contributed by atoms with Crippen molar-refractivity contribution in [2.75, 3.05) is 17.2 Å². The summed E-state index contributed by atoms with van der Waals surface area (Å²) in [6, 6.07) is 6.88. The number of hydrogen-bond acceptors (Lipinski definition) is 7. The minimum Gasteiger partial charge on any atom is -0.481 e. The molecular weight excluding hydrogens is 362 g/mol. The summed E-state index contributed by atoms with van der Waals surface area (Å²) >= 11 is 5.83. The van der Waals surface area contributed by atoms with Crippen LogP contribution in [-0.2, 0) is 4.79 Å². The Morgan fingerprint density at radius 1 is 1.23 bits per heavy atom. The fraction of sp³-hybridized carbons (Fsp3) is 0.312. The number of nitrogens with zero attached hydrogens (tertiary/aromatic N) is 3. The van der Waals surface area contributed by atoms with E-state index in [9.17, 15) is 14.9 Å². The third kappa shape index (κ3) is 6.17. The molecule has 0 amide bonds. The van der Waals surface area contributed by atoms with Crippen molar-refractivity contribution in [1.29, 1.82) is 0 Å². The molecule has 26 heavy (non-hydrogen) atoms. The lowest BCUT2D eigenvalue weighted by Crippen LogP contribution is -2.09. The van der Waals surface area contributed by atoms with Crippen molar-refractivity contribution in [2.45, 2.75) is 25.7 Å². The number of halogens is 1. The van der Waals surface area contributed by atoms with Crippen LogP contribution >= 0.6 is 11.6 Å². The molecule has 3 N–H and O–H groups in total. The molecule has 9 nitrogen and oxygen atoms in total. The topological polar surface area (TPSA) is 130 Å². The number of carboxylic acids is 1. The molecule has 0 atom stereocenters. The van der Waals surface area contributed by atoms with Gasteiger partial charge in [0.15, 0.2) is 0 Å². The molecule has 0 unspecified atom stereocenters. The summed E-state index contributed by atoms with van der Waals surface area (Å²) in [5, 5.41) is 26.2. The van der Waals surface area contributed by atoms with Crippen LogP contribution in [-0.4, -0.2) is 32.5 Å². The fourth-order valence-electron chi connectivity index (χ4n) is 2.15. The van der Waals surface area contributed by atoms with Gasteiger partial charge in [-0.2, -0.15) is 4.98 Å². The van der Waals surface area contributed by atoms with Crippen molar-refractivity contribution in [3.63, 3.8) is 0 Å². The Balaban J connectivity index is 1.99. The van der Waals surface area contributed by atoms with Gasteiger partial charge in [0.05, 0.1) is 4.92 Å². The van der Waals surface area contributed by atoms with E-state index in [2.05, 4.69) is 20.6 Å². The minimum absolute atomic E-state index is 0.111. The van der Waals surface area contributed by atoms with Gasteiger partial charge in [0.1, 0.15) is 6.20 Å². The Bertz CT molecular complexity index is 770. The quantitative estimate of drug-likeness (QED) is 0.322. The highest BCUT2D eigenvalue weighted by molar-refractivity contribution is 6.30. The van der Waals surface area contributed by atoms with Gasteiger partial charge in [-0.3, -0.25) is 14.9 Å². The maximum Gasteiger partial charge on any atom is 0.329 e. The third-order valence-electron chi connectivity index (χ3n) is 3.43. The van der Waals surface area contributed by atoms with Crippen LogP contribution in [0.1, 0.15) is 25.7 Å². The number of carboxylic acid groups (broad SMARTS) is 1. The maximum absolute atomic E-state index is 11.1. The highest BCUT2D eigenvalue weighted by atomic mass is 35.5. The minimum atomic E-state index is -0.831. The first kappa shape index (κ1) is 19.4. The molecule has 0 aliphatic rings. The predicted molar refractivity (Wildman–Crippen MR) is 98.0 cm³/mol. The van der Waals surface area contributed by atoms with Crippen LogP contribution in [0.2, 0.25) is 5.02 Å². The van der Waals surface area contributed by atoms with Crippen LogP contribution in [0.5, 0.6) is 0 Å². The first-order valence-corrected chi connectivity index (χ1v) is 8.33. The van der Waals surface area contributed by atoms with Crippen molar-refractivity contribution >= 4 is 40.7 Å². The van der Waals surface area contributed by atoms with Crippen molar-refractivity contribution in [3.8, 4) is 0 Å². The van der Waals surface area contributed by atoms with Gasteiger partial charge in [0.2, 0.25) is 11.8 Å². The van der Waals surface area contributed by atoms with E-state index in [0.29, 0.717) is 36.5 Å². The molecule has 0 saturated heterocycles. The molecule has 10 heteroatoms. The summed E-state index contributed by atoms with van der Waals surface area (Å²) in [7, 11) is 0. The lowest BCUT2D eigenvalue weighted by Gasteiger charge is -2.09. The van der Waals surface area contributed by atoms with Crippen LogP contribution < -0.4 is 10.6 Å². The van der Waals surface area contributed by atoms with E-state index in [-0.39, 0.29) is 23.9 Å². The van der Waals surface area contributed by atoms with Crippen molar-refractivity contribution in [3.05, 3.63) is 45.6 Å². The number of rotatable bonds is 10. The van der Waals surface area contributed by atoms with Crippen molar-refractivity contribution < 1.29 is 14.8 Å². The zero-order chi connectivity index (χ0) is 18.9. The van der Waals surface area contributed by atoms with E-state index in [1.165, 1.54) is 0 Å². The van der Waals surface area contributed by atoms with E-state index >= 15 is 0 Å². The second kappa shape index (κ2) is 9.52. The van der Waals surface area contributed by atoms with E-state index in [0.717, 1.165) is 6.20 Å². The zero-order valence-corrected chi connectivity index (χ0v) is 14.6. The highest BCUT2D eigenvalue weighted by Crippen LogP contribution is 2.24. The summed E-state index contributed by atoms with van der Waals surface area (Å²) in [4.78, 5) is 29.1. The molecule has 0 radical (unpaired) electrons. The maximum atomic E-state index is 11.1. The molecular formula is C16H18ClN5O4. The number of hydrogen-bond donors (Lipinski definition) is 3. The highest BCUT2D eigenvalue weighted by Gasteiger charge is 2.17. The second-order valence-electron chi connectivity index (χ2n) is 5.45. The SMILES string of the molecule is O=C(O)CCCCCNc1nc(Nc2ccc(Cl)cc2)ncc1[N+](=O)[O-]. The van der Waals surface area contributed by atoms with Crippen LogP contribution in [0.4, 0.5) is 23.1 Å². The number of benzene rings is 1. The van der Waals surface area contributed by atoms with E-state index in [1.807, 2.05) is 0 Å². The number of nitro groups is 1. The molecule has 0 fully saturated rings. The van der Waals surface area contributed by atoms with E-state index < -0.39 is 10.9 Å². The smallest absolute Gasteiger partial charge is 0.329 e. The normalized spacial score (nSPS) is 10.3. The van der Waals surface area contributed by atoms with Crippen LogP contribution in [0.15, 0.2) is 30.5 Å². The van der Waals surface area contributed by atoms with E-state index in [1.54, 1.807) is 24.3 Å². The largest absolute Gasteiger partial charge is 0.481 e. The summed E-state index contributed by atoms with van der Waals surface area (Å²) in [5.74, 6) is -0.506. The Hall–Kier alpha value is -2.94. The summed E-state index contributed by atoms with van der Waals surface area (Å²) in [6.45, 7) is 0.442.